The molecule has 0 atom stereocenters. The van der Waals surface area contributed by atoms with E-state index in [1.807, 2.05) is 13.8 Å². The van der Waals surface area contributed by atoms with E-state index in [0.29, 0.717) is 17.7 Å². The third-order valence-electron chi connectivity index (χ3n) is 4.58. The summed E-state index contributed by atoms with van der Waals surface area (Å²) in [6.07, 6.45) is 0. The zero-order valence-electron chi connectivity index (χ0n) is 15.0. The lowest BCUT2D eigenvalue weighted by molar-refractivity contribution is 0.0960. The minimum atomic E-state index is -0.450. The summed E-state index contributed by atoms with van der Waals surface area (Å²) in [6.45, 7) is 7.50. The van der Waals surface area contributed by atoms with Crippen LogP contribution in [0.1, 0.15) is 57.1 Å². The molecule has 130 valence electrons. The maximum Gasteiger partial charge on any atom is 0.251 e. The van der Waals surface area contributed by atoms with Crippen LogP contribution < -0.4 is 11.1 Å². The van der Waals surface area contributed by atoms with E-state index in [0.717, 1.165) is 0 Å². The van der Waals surface area contributed by atoms with Gasteiger partial charge in [-0.2, -0.15) is 0 Å². The van der Waals surface area contributed by atoms with Crippen molar-refractivity contribution in [2.24, 2.45) is 13.0 Å². The summed E-state index contributed by atoms with van der Waals surface area (Å²) >= 11 is 0. The molecule has 0 saturated carbocycles. The summed E-state index contributed by atoms with van der Waals surface area (Å²) in [4.78, 5) is 50.9. The van der Waals surface area contributed by atoms with Crippen LogP contribution >= 0.6 is 0 Å². The standard InChI is InChI=1S/C19H20N2O4/c1-9(2)8-21-13(23)7-11(4)15-17(21)19(25)16-14(18(15)24)10(3)6-12(22)20(16)5/h6-7,9H,8H2,1-5H3. The Labute approximate surface area is 144 Å². The fourth-order valence-corrected chi connectivity index (χ4v) is 3.44. The molecule has 2 heterocycles. The highest BCUT2D eigenvalue weighted by molar-refractivity contribution is 6.28. The van der Waals surface area contributed by atoms with Crippen LogP contribution in [0.3, 0.4) is 0 Å². The number of aromatic nitrogens is 2. The number of carbonyl (C=O) groups excluding carboxylic acids is 2. The van der Waals surface area contributed by atoms with Crippen LogP contribution in [0, 0.1) is 19.8 Å². The van der Waals surface area contributed by atoms with Crippen molar-refractivity contribution >= 4 is 11.6 Å². The Morgan fingerprint density at radius 2 is 1.36 bits per heavy atom. The van der Waals surface area contributed by atoms with E-state index in [9.17, 15) is 19.2 Å². The van der Waals surface area contributed by atoms with Crippen LogP contribution in [-0.4, -0.2) is 20.7 Å². The second-order valence-corrected chi connectivity index (χ2v) is 7.00. The molecule has 0 aliphatic heterocycles. The molecule has 2 aromatic heterocycles. The zero-order chi connectivity index (χ0) is 18.6. The van der Waals surface area contributed by atoms with Gasteiger partial charge in [-0.1, -0.05) is 13.8 Å². The smallest absolute Gasteiger partial charge is 0.251 e. The van der Waals surface area contributed by atoms with Gasteiger partial charge >= 0.3 is 0 Å². The van der Waals surface area contributed by atoms with Gasteiger partial charge < -0.3 is 9.13 Å². The lowest BCUT2D eigenvalue weighted by Crippen LogP contribution is -2.38. The second-order valence-electron chi connectivity index (χ2n) is 7.00. The van der Waals surface area contributed by atoms with E-state index in [1.54, 1.807) is 13.8 Å². The van der Waals surface area contributed by atoms with Crippen molar-refractivity contribution in [3.8, 4) is 0 Å². The highest BCUT2D eigenvalue weighted by atomic mass is 16.2. The van der Waals surface area contributed by atoms with Gasteiger partial charge in [0.2, 0.25) is 5.78 Å². The van der Waals surface area contributed by atoms with Gasteiger partial charge in [0.1, 0.15) is 11.4 Å². The number of hydrogen-bond acceptors (Lipinski definition) is 4. The molecule has 0 bridgehead atoms. The topological polar surface area (TPSA) is 78.1 Å². The molecule has 0 amide bonds. The predicted molar refractivity (Wildman–Crippen MR) is 93.6 cm³/mol. The van der Waals surface area contributed by atoms with Crippen LogP contribution in [0.15, 0.2) is 21.7 Å². The number of fused-ring (bicyclic) bond motifs is 2. The molecule has 0 radical (unpaired) electrons. The summed E-state index contributed by atoms with van der Waals surface area (Å²) in [7, 11) is 1.47. The van der Waals surface area contributed by atoms with Gasteiger partial charge in [0.25, 0.3) is 11.1 Å². The van der Waals surface area contributed by atoms with E-state index >= 15 is 0 Å². The average molecular weight is 340 g/mol. The first-order chi connectivity index (χ1) is 11.6. The molecule has 3 rings (SSSR count). The molecule has 0 fully saturated rings. The van der Waals surface area contributed by atoms with Gasteiger partial charge in [0, 0.05) is 25.7 Å². The zero-order valence-corrected chi connectivity index (χ0v) is 15.0. The number of hydrogen-bond donors (Lipinski definition) is 0. The summed E-state index contributed by atoms with van der Waals surface area (Å²) < 4.78 is 2.56. The Balaban J connectivity index is 2.46. The molecular weight excluding hydrogens is 320 g/mol. The van der Waals surface area contributed by atoms with Gasteiger partial charge in [-0.15, -0.1) is 0 Å². The number of carbonyl (C=O) groups is 2. The van der Waals surface area contributed by atoms with Crippen molar-refractivity contribution in [3.05, 3.63) is 66.5 Å². The maximum absolute atomic E-state index is 13.2. The molecule has 0 aromatic carbocycles. The van der Waals surface area contributed by atoms with E-state index in [-0.39, 0.29) is 45.3 Å². The molecule has 0 spiro atoms. The molecule has 6 heteroatoms. The van der Waals surface area contributed by atoms with Gasteiger partial charge in [-0.05, 0) is 30.9 Å². The quantitative estimate of drug-likeness (QED) is 0.710. The van der Waals surface area contributed by atoms with Crippen LogP contribution in [0.2, 0.25) is 0 Å². The third kappa shape index (κ3) is 2.40. The van der Waals surface area contributed by atoms with Crippen LogP contribution in [0.5, 0.6) is 0 Å². The van der Waals surface area contributed by atoms with E-state index in [4.69, 9.17) is 0 Å². The first kappa shape index (κ1) is 17.1. The molecule has 2 aromatic rings. The first-order valence-corrected chi connectivity index (χ1v) is 8.19. The van der Waals surface area contributed by atoms with Crippen LogP contribution in [-0.2, 0) is 13.6 Å². The normalized spacial score (nSPS) is 13.2. The molecule has 0 unspecified atom stereocenters. The van der Waals surface area contributed by atoms with Crippen molar-refractivity contribution in [1.29, 1.82) is 0 Å². The Kier molecular flexibility index (Phi) is 3.86. The molecule has 0 saturated heterocycles. The first-order valence-electron chi connectivity index (χ1n) is 8.19. The fourth-order valence-electron chi connectivity index (χ4n) is 3.44. The second kappa shape index (κ2) is 5.65. The Morgan fingerprint density at radius 1 is 0.840 bits per heavy atom. The fraction of sp³-hybridized carbons (Fsp3) is 0.368. The van der Waals surface area contributed by atoms with Gasteiger partial charge in [-0.3, -0.25) is 19.2 Å². The van der Waals surface area contributed by atoms with Gasteiger partial charge in [0.05, 0.1) is 11.1 Å². The number of aryl methyl sites for hydroxylation is 2. The van der Waals surface area contributed by atoms with Crippen molar-refractivity contribution in [3.63, 3.8) is 0 Å². The van der Waals surface area contributed by atoms with E-state index < -0.39 is 5.78 Å². The molecule has 1 aliphatic carbocycles. The summed E-state index contributed by atoms with van der Waals surface area (Å²) in [5, 5.41) is 0. The number of nitrogens with zero attached hydrogens (tertiary/aromatic N) is 2. The SMILES string of the molecule is Cc1cc(=O)n(C)c2c1C(=O)c1c(C)cc(=O)n(CC(C)C)c1C2=O. The van der Waals surface area contributed by atoms with Crippen molar-refractivity contribution in [1.82, 2.24) is 9.13 Å². The predicted octanol–water partition coefficient (Wildman–Crippen LogP) is 1.60. The average Bonchev–Trinajstić information content (AvgIpc) is 2.50. The number of ketones is 2. The minimum Gasteiger partial charge on any atom is -0.308 e. The lowest BCUT2D eigenvalue weighted by atomic mass is 9.85. The highest BCUT2D eigenvalue weighted by Crippen LogP contribution is 2.29. The highest BCUT2D eigenvalue weighted by Gasteiger charge is 2.37. The minimum absolute atomic E-state index is 0.0602. The molecule has 0 N–H and O–H groups in total. The third-order valence-corrected chi connectivity index (χ3v) is 4.58. The lowest BCUT2D eigenvalue weighted by Gasteiger charge is -2.25. The molecule has 25 heavy (non-hydrogen) atoms. The van der Waals surface area contributed by atoms with E-state index in [1.165, 1.54) is 28.3 Å². The maximum atomic E-state index is 13.2. The Bertz CT molecular complexity index is 1050. The molecule has 6 nitrogen and oxygen atoms in total. The molecular formula is C19H20N2O4. The number of pyridine rings is 2. The summed E-state index contributed by atoms with van der Waals surface area (Å²) in [6, 6.07) is 2.75. The van der Waals surface area contributed by atoms with Gasteiger partial charge in [0.15, 0.2) is 5.78 Å². The van der Waals surface area contributed by atoms with Crippen LogP contribution in [0.25, 0.3) is 0 Å². The van der Waals surface area contributed by atoms with Gasteiger partial charge in [-0.25, -0.2) is 0 Å². The Morgan fingerprint density at radius 3 is 1.92 bits per heavy atom. The monoisotopic (exact) mass is 340 g/mol. The summed E-state index contributed by atoms with van der Waals surface area (Å²) in [5.74, 6) is -0.641. The number of rotatable bonds is 2. The van der Waals surface area contributed by atoms with Crippen LogP contribution in [0.4, 0.5) is 0 Å². The summed E-state index contributed by atoms with van der Waals surface area (Å²) in [5.41, 5.74) is 0.956. The largest absolute Gasteiger partial charge is 0.308 e. The van der Waals surface area contributed by atoms with Crippen molar-refractivity contribution in [2.45, 2.75) is 34.2 Å². The van der Waals surface area contributed by atoms with Crippen molar-refractivity contribution < 1.29 is 9.59 Å². The molecule has 1 aliphatic rings. The van der Waals surface area contributed by atoms with Crippen molar-refractivity contribution in [2.75, 3.05) is 0 Å². The van der Waals surface area contributed by atoms with E-state index in [2.05, 4.69) is 0 Å². The Hall–Kier alpha value is -2.76.